The molecule has 0 bridgehead atoms. The van der Waals surface area contributed by atoms with Crippen LogP contribution in [0.4, 0.5) is 0 Å². The summed E-state index contributed by atoms with van der Waals surface area (Å²) in [6.07, 6.45) is 6.14. The van der Waals surface area contributed by atoms with E-state index in [1.807, 2.05) is 29.4 Å². The van der Waals surface area contributed by atoms with Crippen LogP contribution in [0.15, 0.2) is 41.2 Å². The van der Waals surface area contributed by atoms with E-state index < -0.39 is 0 Å². The quantitative estimate of drug-likeness (QED) is 0.320. The number of amides is 1. The third-order valence-corrected chi connectivity index (χ3v) is 4.14. The molecular formula is C15H17N6OS+. The van der Waals surface area contributed by atoms with Gasteiger partial charge < -0.3 is 10.3 Å². The van der Waals surface area contributed by atoms with Crippen molar-refractivity contribution in [3.8, 4) is 0 Å². The Morgan fingerprint density at radius 1 is 1.52 bits per heavy atom. The monoisotopic (exact) mass is 329 g/mol. The molecule has 23 heavy (non-hydrogen) atoms. The van der Waals surface area contributed by atoms with Gasteiger partial charge in [-0.05, 0) is 6.07 Å². The van der Waals surface area contributed by atoms with Crippen LogP contribution in [-0.2, 0) is 18.4 Å². The van der Waals surface area contributed by atoms with E-state index in [0.29, 0.717) is 12.2 Å². The molecular weight excluding hydrogens is 312 g/mol. The highest BCUT2D eigenvalue weighted by atomic mass is 32.1. The maximum Gasteiger partial charge on any atom is 0.237 e. The number of thiazole rings is 1. The SMILES string of the molecule is CC(=O)NN=C(N)c1csc(Cn2ccc3c[n+](C)ccc32)n1. The van der Waals surface area contributed by atoms with Crippen molar-refractivity contribution in [1.29, 1.82) is 0 Å². The third-order valence-electron chi connectivity index (χ3n) is 3.30. The molecule has 118 valence electrons. The van der Waals surface area contributed by atoms with Gasteiger partial charge in [0.25, 0.3) is 0 Å². The summed E-state index contributed by atoms with van der Waals surface area (Å²) in [5, 5.41) is 7.73. The number of hydrogen-bond donors (Lipinski definition) is 2. The molecule has 0 fully saturated rings. The minimum absolute atomic E-state index is 0.201. The third kappa shape index (κ3) is 3.37. The number of hydrogen-bond acceptors (Lipinski definition) is 4. The second-order valence-corrected chi connectivity index (χ2v) is 6.13. The van der Waals surface area contributed by atoms with E-state index in [1.165, 1.54) is 23.6 Å². The van der Waals surface area contributed by atoms with E-state index in [1.54, 1.807) is 0 Å². The van der Waals surface area contributed by atoms with Crippen molar-refractivity contribution in [1.82, 2.24) is 15.0 Å². The molecule has 0 aliphatic rings. The molecule has 0 atom stereocenters. The van der Waals surface area contributed by atoms with Crippen LogP contribution >= 0.6 is 11.3 Å². The molecule has 0 radical (unpaired) electrons. The van der Waals surface area contributed by atoms with Gasteiger partial charge in [0.15, 0.2) is 18.2 Å². The highest BCUT2D eigenvalue weighted by Crippen LogP contribution is 2.17. The number of carbonyl (C=O) groups excluding carboxylic acids is 1. The van der Waals surface area contributed by atoms with E-state index in [-0.39, 0.29) is 11.7 Å². The first-order valence-electron chi connectivity index (χ1n) is 7.01. The fourth-order valence-electron chi connectivity index (χ4n) is 2.23. The number of aryl methyl sites for hydroxylation is 1. The van der Waals surface area contributed by atoms with Gasteiger partial charge in [0.05, 0.1) is 17.4 Å². The van der Waals surface area contributed by atoms with E-state index in [9.17, 15) is 4.79 Å². The lowest BCUT2D eigenvalue weighted by molar-refractivity contribution is -0.670. The van der Waals surface area contributed by atoms with Gasteiger partial charge in [0.2, 0.25) is 5.91 Å². The van der Waals surface area contributed by atoms with E-state index in [2.05, 4.69) is 38.4 Å². The minimum Gasteiger partial charge on any atom is -0.380 e. The van der Waals surface area contributed by atoms with Crippen molar-refractivity contribution in [2.45, 2.75) is 13.5 Å². The van der Waals surface area contributed by atoms with Crippen LogP contribution < -0.4 is 15.7 Å². The first-order chi connectivity index (χ1) is 11.0. The normalized spacial score (nSPS) is 11.8. The van der Waals surface area contributed by atoms with Crippen molar-refractivity contribution < 1.29 is 9.36 Å². The predicted octanol–water partition coefficient (Wildman–Crippen LogP) is 0.727. The van der Waals surface area contributed by atoms with Crippen LogP contribution in [0.2, 0.25) is 0 Å². The molecule has 8 heteroatoms. The molecule has 3 aromatic heterocycles. The molecule has 3 heterocycles. The smallest absolute Gasteiger partial charge is 0.237 e. The second-order valence-electron chi connectivity index (χ2n) is 5.19. The van der Waals surface area contributed by atoms with Crippen molar-refractivity contribution >= 4 is 34.0 Å². The average Bonchev–Trinajstić information content (AvgIpc) is 3.12. The Hall–Kier alpha value is -2.74. The summed E-state index contributed by atoms with van der Waals surface area (Å²) in [6.45, 7) is 2.04. The molecule has 0 aromatic carbocycles. The average molecular weight is 329 g/mol. The molecule has 0 aliphatic carbocycles. The zero-order valence-electron chi connectivity index (χ0n) is 12.9. The van der Waals surface area contributed by atoms with Crippen molar-refractivity contribution in [3.05, 3.63) is 46.8 Å². The maximum atomic E-state index is 10.8. The first-order valence-corrected chi connectivity index (χ1v) is 7.89. The second kappa shape index (κ2) is 6.17. The Bertz CT molecular complexity index is 894. The Kier molecular flexibility index (Phi) is 4.07. The number of amidine groups is 1. The van der Waals surface area contributed by atoms with E-state index in [0.717, 1.165) is 10.5 Å². The van der Waals surface area contributed by atoms with Crippen LogP contribution in [0, 0.1) is 0 Å². The summed E-state index contributed by atoms with van der Waals surface area (Å²) in [7, 11) is 2.00. The van der Waals surface area contributed by atoms with Crippen LogP contribution in [0.5, 0.6) is 0 Å². The van der Waals surface area contributed by atoms with Gasteiger partial charge in [-0.25, -0.2) is 15.0 Å². The molecule has 0 spiro atoms. The molecule has 0 saturated carbocycles. The maximum absolute atomic E-state index is 10.8. The molecule has 0 saturated heterocycles. The standard InChI is InChI=1S/C15H16N6OS/c1-10(22)18-19-15(16)12-9-23-14(17-12)8-21-6-3-11-7-20(2)5-4-13(11)21/h3-7,9H,8H2,1-2H3,(H2-,16,18,19,22)/p+1. The fourth-order valence-corrected chi connectivity index (χ4v) is 3.02. The van der Waals surface area contributed by atoms with Gasteiger partial charge in [0.1, 0.15) is 17.7 Å². The van der Waals surface area contributed by atoms with Crippen LogP contribution in [0.3, 0.4) is 0 Å². The van der Waals surface area contributed by atoms with Crippen molar-refractivity contribution in [2.75, 3.05) is 0 Å². The largest absolute Gasteiger partial charge is 0.380 e. The first kappa shape index (κ1) is 15.2. The number of nitrogens with zero attached hydrogens (tertiary/aromatic N) is 4. The Morgan fingerprint density at radius 3 is 3.13 bits per heavy atom. The number of nitrogens with two attached hydrogens (primary N) is 1. The number of pyridine rings is 1. The number of carbonyl (C=O) groups is 1. The van der Waals surface area contributed by atoms with Gasteiger partial charge in [-0.2, -0.15) is 5.10 Å². The topological polar surface area (TPSA) is 89.2 Å². The summed E-state index contributed by atoms with van der Waals surface area (Å²) < 4.78 is 4.16. The van der Waals surface area contributed by atoms with Crippen LogP contribution in [0.25, 0.3) is 10.9 Å². The molecule has 3 aromatic rings. The van der Waals surface area contributed by atoms with E-state index >= 15 is 0 Å². The lowest BCUT2D eigenvalue weighted by Crippen LogP contribution is -2.25. The number of hydrazone groups is 1. The Morgan fingerprint density at radius 2 is 2.35 bits per heavy atom. The Balaban J connectivity index is 1.80. The number of nitrogens with one attached hydrogen (secondary N) is 1. The van der Waals surface area contributed by atoms with Gasteiger partial charge in [0, 0.05) is 24.6 Å². The zero-order chi connectivity index (χ0) is 16.4. The predicted molar refractivity (Wildman–Crippen MR) is 88.9 cm³/mol. The molecule has 7 nitrogen and oxygen atoms in total. The summed E-state index contributed by atoms with van der Waals surface area (Å²) in [4.78, 5) is 15.3. The molecule has 3 N–H and O–H groups in total. The highest BCUT2D eigenvalue weighted by molar-refractivity contribution is 7.09. The number of aromatic nitrogens is 3. The van der Waals surface area contributed by atoms with Gasteiger partial charge in [-0.1, -0.05) is 0 Å². The van der Waals surface area contributed by atoms with Crippen molar-refractivity contribution in [2.24, 2.45) is 17.9 Å². The van der Waals surface area contributed by atoms with Gasteiger partial charge >= 0.3 is 0 Å². The van der Waals surface area contributed by atoms with Gasteiger partial charge in [-0.3, -0.25) is 4.79 Å². The van der Waals surface area contributed by atoms with E-state index in [4.69, 9.17) is 5.73 Å². The lowest BCUT2D eigenvalue weighted by atomic mass is 10.3. The zero-order valence-corrected chi connectivity index (χ0v) is 13.7. The fraction of sp³-hybridized carbons (Fsp3) is 0.200. The molecule has 0 aliphatic heterocycles. The summed E-state index contributed by atoms with van der Waals surface area (Å²) in [5.41, 5.74) is 9.84. The highest BCUT2D eigenvalue weighted by Gasteiger charge is 2.09. The Labute approximate surface area is 137 Å². The summed E-state index contributed by atoms with van der Waals surface area (Å²) in [6, 6.07) is 4.16. The summed E-state index contributed by atoms with van der Waals surface area (Å²) >= 11 is 1.51. The van der Waals surface area contributed by atoms with Crippen molar-refractivity contribution in [3.63, 3.8) is 0 Å². The summed E-state index contributed by atoms with van der Waals surface area (Å²) in [5.74, 6) is -0.0672. The van der Waals surface area contributed by atoms with Crippen LogP contribution in [-0.4, -0.2) is 21.3 Å². The molecule has 1 amide bonds. The minimum atomic E-state index is -0.268. The van der Waals surface area contributed by atoms with Crippen LogP contribution in [0.1, 0.15) is 17.6 Å². The molecule has 3 rings (SSSR count). The molecule has 0 unspecified atom stereocenters. The number of fused-ring (bicyclic) bond motifs is 1. The van der Waals surface area contributed by atoms with Gasteiger partial charge in [-0.15, -0.1) is 11.3 Å². The number of rotatable bonds is 4. The lowest BCUT2D eigenvalue weighted by Gasteiger charge is -2.01.